The number of rotatable bonds is 8. The molecule has 3 rings (SSSR count). The number of thiazole rings is 1. The summed E-state index contributed by atoms with van der Waals surface area (Å²) in [6, 6.07) is 9.57. The molecule has 0 saturated carbocycles. The van der Waals surface area contributed by atoms with E-state index in [-0.39, 0.29) is 18.2 Å². The van der Waals surface area contributed by atoms with E-state index < -0.39 is 18.7 Å². The van der Waals surface area contributed by atoms with Gasteiger partial charge in [-0.05, 0) is 26.7 Å². The van der Waals surface area contributed by atoms with E-state index in [1.54, 1.807) is 23.2 Å². The van der Waals surface area contributed by atoms with Crippen molar-refractivity contribution in [1.29, 1.82) is 0 Å². The second-order valence-electron chi connectivity index (χ2n) is 7.71. The van der Waals surface area contributed by atoms with E-state index in [2.05, 4.69) is 10.1 Å². The molecule has 0 unspecified atom stereocenters. The van der Waals surface area contributed by atoms with Crippen molar-refractivity contribution in [3.63, 3.8) is 0 Å². The minimum atomic E-state index is -1.17. The van der Waals surface area contributed by atoms with Gasteiger partial charge in [-0.25, -0.2) is 14.5 Å². The van der Waals surface area contributed by atoms with E-state index in [4.69, 9.17) is 9.39 Å². The number of esters is 1. The van der Waals surface area contributed by atoms with Crippen LogP contribution in [-0.2, 0) is 9.39 Å². The van der Waals surface area contributed by atoms with Gasteiger partial charge in [0.25, 0.3) is 0 Å². The predicted molar refractivity (Wildman–Crippen MR) is 118 cm³/mol. The van der Waals surface area contributed by atoms with Gasteiger partial charge in [-0.2, -0.15) is 5.10 Å². The van der Waals surface area contributed by atoms with E-state index in [1.165, 1.54) is 11.3 Å². The Kier molecular flexibility index (Phi) is 6.75. The third-order valence-electron chi connectivity index (χ3n) is 5.03. The van der Waals surface area contributed by atoms with Gasteiger partial charge in [0.15, 0.2) is 5.69 Å². The molecule has 0 saturated heterocycles. The van der Waals surface area contributed by atoms with Gasteiger partial charge in [-0.3, -0.25) is 0 Å². The van der Waals surface area contributed by atoms with Gasteiger partial charge in [-0.15, -0.1) is 11.3 Å². The number of ether oxygens (including phenoxy) is 1. The van der Waals surface area contributed by atoms with Gasteiger partial charge in [0.2, 0.25) is 5.13 Å². The number of benzene rings is 1. The van der Waals surface area contributed by atoms with Gasteiger partial charge in [0.05, 0.1) is 17.9 Å². The normalized spacial score (nSPS) is 11.7. The van der Waals surface area contributed by atoms with Crippen LogP contribution < -0.4 is 5.46 Å². The number of nitrogens with zero attached hydrogens (tertiary/aromatic N) is 3. The highest BCUT2D eigenvalue weighted by Crippen LogP contribution is 2.24. The standard InChI is InChI=1S/C21H26BN3O4S/c1-6-28-19(26)17-13-30-20(23-17)25-12-16(22(27)29-21(4,5)14(2)3)18(24-25)15-10-8-7-9-11-15/h7-14,27H,6H2,1-5H3. The smallest absolute Gasteiger partial charge is 0.461 e. The topological polar surface area (TPSA) is 86.5 Å². The van der Waals surface area contributed by atoms with Gasteiger partial charge < -0.3 is 14.4 Å². The Morgan fingerprint density at radius 3 is 2.63 bits per heavy atom. The highest BCUT2D eigenvalue weighted by Gasteiger charge is 2.33. The molecule has 1 N–H and O–H groups in total. The molecular weight excluding hydrogens is 401 g/mol. The summed E-state index contributed by atoms with van der Waals surface area (Å²) in [4.78, 5) is 16.3. The number of carbonyl (C=O) groups is 1. The fourth-order valence-corrected chi connectivity index (χ4v) is 3.36. The first-order valence-electron chi connectivity index (χ1n) is 9.86. The Labute approximate surface area is 180 Å². The van der Waals surface area contributed by atoms with Crippen molar-refractivity contribution >= 4 is 29.9 Å². The molecule has 3 aromatic rings. The van der Waals surface area contributed by atoms with E-state index in [9.17, 15) is 9.82 Å². The molecule has 0 aliphatic rings. The summed E-state index contributed by atoms with van der Waals surface area (Å²) in [6.45, 7) is 10.0. The van der Waals surface area contributed by atoms with E-state index in [0.717, 1.165) is 5.56 Å². The van der Waals surface area contributed by atoms with Crippen LogP contribution >= 0.6 is 11.3 Å². The summed E-state index contributed by atoms with van der Waals surface area (Å²) >= 11 is 1.27. The largest absolute Gasteiger partial charge is 0.495 e. The Balaban J connectivity index is 2.00. The molecule has 2 heterocycles. The minimum Gasteiger partial charge on any atom is -0.461 e. The third-order valence-corrected chi connectivity index (χ3v) is 5.86. The van der Waals surface area contributed by atoms with Crippen LogP contribution in [0.4, 0.5) is 0 Å². The lowest BCUT2D eigenvalue weighted by molar-refractivity contribution is 0.0423. The molecule has 0 radical (unpaired) electrons. The van der Waals surface area contributed by atoms with Crippen LogP contribution in [-0.4, -0.2) is 45.1 Å². The third kappa shape index (κ3) is 4.80. The predicted octanol–water partition coefficient (Wildman–Crippen LogP) is 3.31. The summed E-state index contributed by atoms with van der Waals surface area (Å²) in [7, 11) is -1.17. The molecule has 158 valence electrons. The number of carbonyl (C=O) groups excluding carboxylic acids is 1. The first-order valence-corrected chi connectivity index (χ1v) is 10.7. The molecular formula is C21H26BN3O4S. The number of hydrogen-bond donors (Lipinski definition) is 1. The molecule has 1 aromatic carbocycles. The van der Waals surface area contributed by atoms with Gasteiger partial charge in [-0.1, -0.05) is 44.2 Å². The summed E-state index contributed by atoms with van der Waals surface area (Å²) in [5, 5.41) is 17.7. The fraction of sp³-hybridized carbons (Fsp3) is 0.381. The summed E-state index contributed by atoms with van der Waals surface area (Å²) in [5.74, 6) is -0.272. The van der Waals surface area contributed by atoms with Crippen molar-refractivity contribution in [3.05, 3.63) is 47.6 Å². The van der Waals surface area contributed by atoms with Crippen LogP contribution in [0.25, 0.3) is 16.4 Å². The fourth-order valence-electron chi connectivity index (χ4n) is 2.64. The van der Waals surface area contributed by atoms with Crippen LogP contribution in [0, 0.1) is 5.92 Å². The molecule has 0 atom stereocenters. The van der Waals surface area contributed by atoms with Crippen molar-refractivity contribution in [1.82, 2.24) is 14.8 Å². The van der Waals surface area contributed by atoms with Crippen LogP contribution in [0.1, 0.15) is 45.1 Å². The highest BCUT2D eigenvalue weighted by molar-refractivity contribution is 7.12. The SMILES string of the molecule is CCOC(=O)c1csc(-n2cc(B(O)OC(C)(C)C(C)C)c(-c3ccccc3)n2)n1. The molecule has 0 amide bonds. The van der Waals surface area contributed by atoms with Crippen molar-refractivity contribution in [2.24, 2.45) is 5.92 Å². The average molecular weight is 427 g/mol. The minimum absolute atomic E-state index is 0.202. The summed E-state index contributed by atoms with van der Waals surface area (Å²) < 4.78 is 12.5. The molecule has 0 fully saturated rings. The second kappa shape index (κ2) is 9.12. The van der Waals surface area contributed by atoms with Gasteiger partial charge in [0.1, 0.15) is 0 Å². The summed E-state index contributed by atoms with van der Waals surface area (Å²) in [5.41, 5.74) is 1.66. The molecule has 30 heavy (non-hydrogen) atoms. The van der Waals surface area contributed by atoms with E-state index in [1.807, 2.05) is 58.0 Å². The van der Waals surface area contributed by atoms with Crippen LogP contribution in [0.15, 0.2) is 41.9 Å². The van der Waals surface area contributed by atoms with Crippen molar-refractivity contribution in [2.75, 3.05) is 6.61 Å². The molecule has 7 nitrogen and oxygen atoms in total. The average Bonchev–Trinajstić information content (AvgIpc) is 3.36. The number of hydrogen-bond acceptors (Lipinski definition) is 7. The number of aromatic nitrogens is 3. The van der Waals surface area contributed by atoms with Crippen molar-refractivity contribution < 1.29 is 19.2 Å². The van der Waals surface area contributed by atoms with Crippen molar-refractivity contribution in [3.8, 4) is 16.4 Å². The Morgan fingerprint density at radius 1 is 1.30 bits per heavy atom. The maximum atomic E-state index is 11.9. The maximum Gasteiger partial charge on any atom is 0.495 e. The van der Waals surface area contributed by atoms with Crippen LogP contribution in [0.5, 0.6) is 0 Å². The van der Waals surface area contributed by atoms with Gasteiger partial charge in [0, 0.05) is 22.6 Å². The second-order valence-corrected chi connectivity index (χ2v) is 8.54. The lowest BCUT2D eigenvalue weighted by Gasteiger charge is -2.31. The molecule has 0 aliphatic carbocycles. The molecule has 2 aromatic heterocycles. The quantitative estimate of drug-likeness (QED) is 0.439. The van der Waals surface area contributed by atoms with Crippen molar-refractivity contribution in [2.45, 2.75) is 40.2 Å². The van der Waals surface area contributed by atoms with Crippen LogP contribution in [0.3, 0.4) is 0 Å². The monoisotopic (exact) mass is 427 g/mol. The zero-order chi connectivity index (χ0) is 21.9. The van der Waals surface area contributed by atoms with Crippen LogP contribution in [0.2, 0.25) is 0 Å². The first kappa shape index (κ1) is 22.2. The highest BCUT2D eigenvalue weighted by atomic mass is 32.1. The molecule has 9 heteroatoms. The molecule has 0 aliphatic heterocycles. The summed E-state index contributed by atoms with van der Waals surface area (Å²) in [6.07, 6.45) is 1.69. The lowest BCUT2D eigenvalue weighted by atomic mass is 9.76. The van der Waals surface area contributed by atoms with Gasteiger partial charge >= 0.3 is 13.1 Å². The zero-order valence-corrected chi connectivity index (χ0v) is 18.6. The first-order chi connectivity index (χ1) is 14.2. The Bertz CT molecular complexity index is 1000. The van der Waals surface area contributed by atoms with E-state index in [0.29, 0.717) is 16.3 Å². The van der Waals surface area contributed by atoms with E-state index >= 15 is 0 Å². The lowest BCUT2D eigenvalue weighted by Crippen LogP contribution is -2.44. The molecule has 0 spiro atoms. The Hall–Kier alpha value is -2.49. The maximum absolute atomic E-state index is 11.9. The Morgan fingerprint density at radius 2 is 2.00 bits per heavy atom. The molecule has 0 bridgehead atoms. The zero-order valence-electron chi connectivity index (χ0n) is 17.8.